The fraction of sp³-hybridized carbons (Fsp3) is 0.357. The number of hydrogen-bond donors (Lipinski definition) is 1. The van der Waals surface area contributed by atoms with Crippen LogP contribution in [0.4, 0.5) is 5.82 Å². The van der Waals surface area contributed by atoms with Gasteiger partial charge in [-0.1, -0.05) is 24.1 Å². The minimum Gasteiger partial charge on any atom is -0.309 e. The average Bonchev–Trinajstić information content (AvgIpc) is 2.34. The van der Waals surface area contributed by atoms with Crippen LogP contribution in [0.2, 0.25) is 5.02 Å². The van der Waals surface area contributed by atoms with E-state index < -0.39 is 0 Å². The van der Waals surface area contributed by atoms with Crippen molar-refractivity contribution in [1.29, 1.82) is 0 Å². The SMILES string of the molecule is O=C(CC1CCC1)Nc1cnc2c(Cl)cccc2n1. The van der Waals surface area contributed by atoms with Gasteiger partial charge in [-0.3, -0.25) is 4.79 Å². The molecule has 0 aliphatic heterocycles. The topological polar surface area (TPSA) is 54.9 Å². The second-order valence-electron chi connectivity index (χ2n) is 4.91. The molecule has 1 amide bonds. The number of hydrogen-bond acceptors (Lipinski definition) is 3. The Morgan fingerprint density at radius 3 is 3.00 bits per heavy atom. The molecule has 19 heavy (non-hydrogen) atoms. The number of halogens is 1. The molecular weight excluding hydrogens is 262 g/mol. The average molecular weight is 276 g/mol. The molecule has 1 fully saturated rings. The molecule has 3 rings (SSSR count). The molecule has 4 nitrogen and oxygen atoms in total. The maximum absolute atomic E-state index is 11.8. The summed E-state index contributed by atoms with van der Waals surface area (Å²) in [5.74, 6) is 1.04. The van der Waals surface area contributed by atoms with E-state index in [1.807, 2.05) is 12.1 Å². The molecule has 1 aliphatic carbocycles. The minimum absolute atomic E-state index is 0.0142. The quantitative estimate of drug-likeness (QED) is 0.934. The van der Waals surface area contributed by atoms with Crippen LogP contribution in [-0.2, 0) is 4.79 Å². The second kappa shape index (κ2) is 5.13. The van der Waals surface area contributed by atoms with E-state index in [1.54, 1.807) is 12.3 Å². The first-order valence-electron chi connectivity index (χ1n) is 6.43. The Balaban J connectivity index is 1.75. The second-order valence-corrected chi connectivity index (χ2v) is 5.32. The molecule has 1 aliphatic rings. The largest absolute Gasteiger partial charge is 0.309 e. The molecule has 0 unspecified atom stereocenters. The van der Waals surface area contributed by atoms with Crippen molar-refractivity contribution < 1.29 is 4.79 Å². The number of nitrogens with zero attached hydrogens (tertiary/aromatic N) is 2. The van der Waals surface area contributed by atoms with Crippen LogP contribution in [0.15, 0.2) is 24.4 Å². The van der Waals surface area contributed by atoms with Crippen molar-refractivity contribution in [2.24, 2.45) is 5.92 Å². The standard InChI is InChI=1S/C14H14ClN3O/c15-10-5-2-6-11-14(10)16-8-12(17-11)18-13(19)7-9-3-1-4-9/h2,5-6,8-9H,1,3-4,7H2,(H,17,18,19). The smallest absolute Gasteiger partial charge is 0.225 e. The van der Waals surface area contributed by atoms with Crippen LogP contribution >= 0.6 is 11.6 Å². The van der Waals surface area contributed by atoms with Crippen LogP contribution in [0.25, 0.3) is 11.0 Å². The van der Waals surface area contributed by atoms with E-state index in [1.165, 1.54) is 6.42 Å². The molecule has 0 saturated heterocycles. The summed E-state index contributed by atoms with van der Waals surface area (Å²) in [5, 5.41) is 3.36. The van der Waals surface area contributed by atoms with E-state index in [0.29, 0.717) is 34.2 Å². The molecule has 1 N–H and O–H groups in total. The number of anilines is 1. The number of nitrogens with one attached hydrogen (secondary N) is 1. The molecule has 0 spiro atoms. The number of carbonyl (C=O) groups is 1. The van der Waals surface area contributed by atoms with Gasteiger partial charge in [0.25, 0.3) is 0 Å². The summed E-state index contributed by atoms with van der Waals surface area (Å²) in [5.41, 5.74) is 1.34. The third-order valence-electron chi connectivity index (χ3n) is 3.49. The Morgan fingerprint density at radius 1 is 1.42 bits per heavy atom. The van der Waals surface area contributed by atoms with Crippen LogP contribution in [0.1, 0.15) is 25.7 Å². The highest BCUT2D eigenvalue weighted by molar-refractivity contribution is 6.34. The summed E-state index contributed by atoms with van der Waals surface area (Å²) >= 11 is 6.02. The summed E-state index contributed by atoms with van der Waals surface area (Å²) in [4.78, 5) is 20.4. The zero-order chi connectivity index (χ0) is 13.2. The van der Waals surface area contributed by atoms with Gasteiger partial charge >= 0.3 is 0 Å². The number of aromatic nitrogens is 2. The number of rotatable bonds is 3. The van der Waals surface area contributed by atoms with Gasteiger partial charge in [-0.05, 0) is 30.9 Å². The van der Waals surface area contributed by atoms with Gasteiger partial charge in [0.15, 0.2) is 5.82 Å². The first-order chi connectivity index (χ1) is 9.22. The Morgan fingerprint density at radius 2 is 2.26 bits per heavy atom. The molecule has 1 saturated carbocycles. The van der Waals surface area contributed by atoms with Crippen molar-refractivity contribution in [2.45, 2.75) is 25.7 Å². The number of benzene rings is 1. The molecule has 1 aromatic carbocycles. The fourth-order valence-electron chi connectivity index (χ4n) is 2.22. The maximum atomic E-state index is 11.8. The van der Waals surface area contributed by atoms with Gasteiger partial charge in [-0.15, -0.1) is 0 Å². The third kappa shape index (κ3) is 2.68. The highest BCUT2D eigenvalue weighted by Gasteiger charge is 2.20. The van der Waals surface area contributed by atoms with Crippen LogP contribution in [-0.4, -0.2) is 15.9 Å². The van der Waals surface area contributed by atoms with Crippen LogP contribution in [0.5, 0.6) is 0 Å². The van der Waals surface area contributed by atoms with Gasteiger partial charge in [0, 0.05) is 6.42 Å². The molecule has 98 valence electrons. The fourth-order valence-corrected chi connectivity index (χ4v) is 2.44. The normalized spacial score (nSPS) is 15.2. The van der Waals surface area contributed by atoms with Crippen molar-refractivity contribution in [1.82, 2.24) is 9.97 Å². The Kier molecular flexibility index (Phi) is 3.34. The van der Waals surface area contributed by atoms with Gasteiger partial charge < -0.3 is 5.32 Å². The predicted octanol–water partition coefficient (Wildman–Crippen LogP) is 3.41. The monoisotopic (exact) mass is 275 g/mol. The Labute approximate surface area is 116 Å². The van der Waals surface area contributed by atoms with E-state index >= 15 is 0 Å². The summed E-state index contributed by atoms with van der Waals surface area (Å²) in [6, 6.07) is 5.42. The number of amides is 1. The third-order valence-corrected chi connectivity index (χ3v) is 3.79. The predicted molar refractivity (Wildman–Crippen MR) is 75.1 cm³/mol. The van der Waals surface area contributed by atoms with Gasteiger partial charge in [0.1, 0.15) is 5.52 Å². The summed E-state index contributed by atoms with van der Waals surface area (Å²) in [7, 11) is 0. The van der Waals surface area contributed by atoms with Gasteiger partial charge in [-0.25, -0.2) is 9.97 Å². The van der Waals surface area contributed by atoms with Crippen LogP contribution in [0.3, 0.4) is 0 Å². The van der Waals surface area contributed by atoms with Crippen molar-refractivity contribution in [2.75, 3.05) is 5.32 Å². The molecule has 1 heterocycles. The van der Waals surface area contributed by atoms with Crippen molar-refractivity contribution in [3.8, 4) is 0 Å². The molecule has 0 atom stereocenters. The summed E-state index contributed by atoms with van der Waals surface area (Å²) in [6.45, 7) is 0. The van der Waals surface area contributed by atoms with E-state index in [4.69, 9.17) is 11.6 Å². The lowest BCUT2D eigenvalue weighted by atomic mass is 9.83. The van der Waals surface area contributed by atoms with Gasteiger partial charge in [-0.2, -0.15) is 0 Å². The number of para-hydroxylation sites is 1. The molecule has 0 radical (unpaired) electrons. The zero-order valence-electron chi connectivity index (χ0n) is 10.4. The molecule has 5 heteroatoms. The summed E-state index contributed by atoms with van der Waals surface area (Å²) in [6.07, 6.45) is 5.69. The van der Waals surface area contributed by atoms with Crippen molar-refractivity contribution in [3.05, 3.63) is 29.4 Å². The van der Waals surface area contributed by atoms with Gasteiger partial charge in [0.2, 0.25) is 5.91 Å². The van der Waals surface area contributed by atoms with E-state index in [2.05, 4.69) is 15.3 Å². The Bertz CT molecular complexity index is 625. The van der Waals surface area contributed by atoms with Crippen LogP contribution in [0, 0.1) is 5.92 Å². The lowest BCUT2D eigenvalue weighted by Gasteiger charge is -2.24. The van der Waals surface area contributed by atoms with Crippen molar-refractivity contribution in [3.63, 3.8) is 0 Å². The zero-order valence-corrected chi connectivity index (χ0v) is 11.2. The molecule has 2 aromatic rings. The van der Waals surface area contributed by atoms with E-state index in [9.17, 15) is 4.79 Å². The van der Waals surface area contributed by atoms with Crippen LogP contribution < -0.4 is 5.32 Å². The molecule has 0 bridgehead atoms. The van der Waals surface area contributed by atoms with Gasteiger partial charge in [0.05, 0.1) is 16.7 Å². The highest BCUT2D eigenvalue weighted by Crippen LogP contribution is 2.29. The molecule has 1 aromatic heterocycles. The van der Waals surface area contributed by atoms with Crippen molar-refractivity contribution >= 4 is 34.4 Å². The summed E-state index contributed by atoms with van der Waals surface area (Å²) < 4.78 is 0. The first-order valence-corrected chi connectivity index (χ1v) is 6.81. The first kappa shape index (κ1) is 12.4. The minimum atomic E-state index is 0.0142. The molecular formula is C14H14ClN3O. The lowest BCUT2D eigenvalue weighted by molar-refractivity contribution is -0.117. The Hall–Kier alpha value is -1.68. The number of carbonyl (C=O) groups excluding carboxylic acids is 1. The maximum Gasteiger partial charge on any atom is 0.225 e. The lowest BCUT2D eigenvalue weighted by Crippen LogP contribution is -2.21. The van der Waals surface area contributed by atoms with E-state index in [-0.39, 0.29) is 5.91 Å². The number of fused-ring (bicyclic) bond motifs is 1. The van der Waals surface area contributed by atoms with E-state index in [0.717, 1.165) is 12.8 Å². The highest BCUT2D eigenvalue weighted by atomic mass is 35.5.